The Balaban J connectivity index is 2.19. The van der Waals surface area contributed by atoms with E-state index in [9.17, 15) is 0 Å². The average Bonchev–Trinajstić information content (AvgIpc) is 2.45. The largest absolute Gasteiger partial charge is 0.409 e. The molecule has 5 heteroatoms. The van der Waals surface area contributed by atoms with E-state index in [0.717, 1.165) is 16.7 Å². The van der Waals surface area contributed by atoms with E-state index in [2.05, 4.69) is 10.1 Å². The zero-order valence-corrected chi connectivity index (χ0v) is 11.1. The van der Waals surface area contributed by atoms with E-state index in [0.29, 0.717) is 6.54 Å². The Morgan fingerprint density at radius 2 is 2.11 bits per heavy atom. The molecule has 1 atom stereocenters. The van der Waals surface area contributed by atoms with E-state index in [1.165, 1.54) is 0 Å². The van der Waals surface area contributed by atoms with Gasteiger partial charge in [-0.3, -0.25) is 0 Å². The molecular formula is C14H18N4O. The number of aromatic nitrogens is 1. The second-order valence-corrected chi connectivity index (χ2v) is 4.67. The van der Waals surface area contributed by atoms with E-state index in [-0.39, 0.29) is 11.8 Å². The fraction of sp³-hybridized carbons (Fsp3) is 0.286. The van der Waals surface area contributed by atoms with Crippen molar-refractivity contribution >= 4 is 22.6 Å². The second-order valence-electron chi connectivity index (χ2n) is 4.67. The van der Waals surface area contributed by atoms with Gasteiger partial charge in [0.05, 0.1) is 5.52 Å². The molecule has 0 amide bonds. The van der Waals surface area contributed by atoms with Gasteiger partial charge in [0.15, 0.2) is 0 Å². The molecule has 2 rings (SSSR count). The number of nitrogens with two attached hydrogens (primary N) is 1. The molecule has 0 aliphatic heterocycles. The molecule has 0 saturated carbocycles. The number of para-hydroxylation sites is 1. The monoisotopic (exact) mass is 258 g/mol. The third-order valence-corrected chi connectivity index (χ3v) is 3.14. The Labute approximate surface area is 112 Å². The van der Waals surface area contributed by atoms with Crippen LogP contribution < -0.4 is 10.6 Å². The first-order chi connectivity index (χ1) is 9.11. The fourth-order valence-electron chi connectivity index (χ4n) is 1.96. The summed E-state index contributed by atoms with van der Waals surface area (Å²) in [7, 11) is 1.94. The van der Waals surface area contributed by atoms with Crippen LogP contribution in [0.25, 0.3) is 10.9 Å². The maximum atomic E-state index is 8.66. The van der Waals surface area contributed by atoms with Crippen molar-refractivity contribution in [3.63, 3.8) is 0 Å². The molecule has 2 aromatic rings. The molecule has 0 saturated heterocycles. The molecule has 0 fully saturated rings. The normalized spacial score (nSPS) is 13.5. The zero-order valence-electron chi connectivity index (χ0n) is 11.1. The van der Waals surface area contributed by atoms with Crippen molar-refractivity contribution in [3.05, 3.63) is 36.4 Å². The summed E-state index contributed by atoms with van der Waals surface area (Å²) in [6.07, 6.45) is 0. The SMILES string of the molecule is CC(CN(C)c1ccc2ccccc2n1)/C(N)=N/O. The van der Waals surface area contributed by atoms with Gasteiger partial charge in [-0.1, -0.05) is 30.3 Å². The number of rotatable bonds is 4. The van der Waals surface area contributed by atoms with Crippen LogP contribution in [0.4, 0.5) is 5.82 Å². The third-order valence-electron chi connectivity index (χ3n) is 3.14. The molecule has 0 aliphatic carbocycles. The van der Waals surface area contributed by atoms with Crippen LogP contribution in [0, 0.1) is 5.92 Å². The standard InChI is InChI=1S/C14H18N4O/c1-10(14(15)17-19)9-18(2)13-8-7-11-5-3-4-6-12(11)16-13/h3-8,10,19H,9H2,1-2H3,(H2,15,17). The Morgan fingerprint density at radius 3 is 2.84 bits per heavy atom. The number of nitrogens with zero attached hydrogens (tertiary/aromatic N) is 3. The average molecular weight is 258 g/mol. The lowest BCUT2D eigenvalue weighted by Gasteiger charge is -2.22. The van der Waals surface area contributed by atoms with Crippen LogP contribution in [0.1, 0.15) is 6.92 Å². The maximum Gasteiger partial charge on any atom is 0.143 e. The predicted octanol–water partition coefficient (Wildman–Crippen LogP) is 2.05. The molecule has 100 valence electrons. The van der Waals surface area contributed by atoms with Gasteiger partial charge in [0.25, 0.3) is 0 Å². The minimum absolute atomic E-state index is 0.0386. The minimum atomic E-state index is -0.0386. The first kappa shape index (κ1) is 13.1. The Bertz CT molecular complexity index is 597. The molecular weight excluding hydrogens is 240 g/mol. The van der Waals surface area contributed by atoms with Gasteiger partial charge in [0.1, 0.15) is 11.7 Å². The number of amidine groups is 1. The van der Waals surface area contributed by atoms with Gasteiger partial charge in [-0.05, 0) is 18.2 Å². The van der Waals surface area contributed by atoms with Crippen LogP contribution in [-0.4, -0.2) is 29.6 Å². The van der Waals surface area contributed by atoms with Gasteiger partial charge in [0, 0.05) is 24.9 Å². The highest BCUT2D eigenvalue weighted by atomic mass is 16.4. The summed E-state index contributed by atoms with van der Waals surface area (Å²) in [6.45, 7) is 2.55. The Hall–Kier alpha value is -2.30. The van der Waals surface area contributed by atoms with Crippen molar-refractivity contribution in [2.24, 2.45) is 16.8 Å². The summed E-state index contributed by atoms with van der Waals surface area (Å²) < 4.78 is 0. The first-order valence-corrected chi connectivity index (χ1v) is 6.16. The second kappa shape index (κ2) is 5.56. The van der Waals surface area contributed by atoms with E-state index in [4.69, 9.17) is 10.9 Å². The summed E-state index contributed by atoms with van der Waals surface area (Å²) in [6, 6.07) is 12.0. The van der Waals surface area contributed by atoms with Gasteiger partial charge in [-0.15, -0.1) is 0 Å². The Morgan fingerprint density at radius 1 is 1.37 bits per heavy atom. The highest BCUT2D eigenvalue weighted by molar-refractivity contribution is 5.83. The maximum absolute atomic E-state index is 8.66. The van der Waals surface area contributed by atoms with Crippen LogP contribution in [0.3, 0.4) is 0 Å². The van der Waals surface area contributed by atoms with Crippen molar-refractivity contribution < 1.29 is 5.21 Å². The van der Waals surface area contributed by atoms with Crippen molar-refractivity contribution in [2.75, 3.05) is 18.5 Å². The van der Waals surface area contributed by atoms with Gasteiger partial charge < -0.3 is 15.8 Å². The lowest BCUT2D eigenvalue weighted by molar-refractivity contribution is 0.314. The molecule has 19 heavy (non-hydrogen) atoms. The number of hydrogen-bond acceptors (Lipinski definition) is 4. The summed E-state index contributed by atoms with van der Waals surface area (Å²) >= 11 is 0. The zero-order chi connectivity index (χ0) is 13.8. The van der Waals surface area contributed by atoms with E-state index in [1.54, 1.807) is 0 Å². The summed E-state index contributed by atoms with van der Waals surface area (Å²) in [5.41, 5.74) is 6.55. The summed E-state index contributed by atoms with van der Waals surface area (Å²) in [4.78, 5) is 6.59. The van der Waals surface area contributed by atoms with E-state index in [1.807, 2.05) is 55.3 Å². The smallest absolute Gasteiger partial charge is 0.143 e. The van der Waals surface area contributed by atoms with Crippen LogP contribution in [0.5, 0.6) is 0 Å². The number of hydrogen-bond donors (Lipinski definition) is 2. The molecule has 3 N–H and O–H groups in total. The van der Waals surface area contributed by atoms with Crippen LogP contribution in [0.2, 0.25) is 0 Å². The minimum Gasteiger partial charge on any atom is -0.409 e. The molecule has 0 bridgehead atoms. The van der Waals surface area contributed by atoms with Gasteiger partial charge in [-0.2, -0.15) is 0 Å². The molecule has 1 unspecified atom stereocenters. The van der Waals surface area contributed by atoms with Crippen molar-refractivity contribution in [2.45, 2.75) is 6.92 Å². The number of fused-ring (bicyclic) bond motifs is 1. The van der Waals surface area contributed by atoms with E-state index >= 15 is 0 Å². The quantitative estimate of drug-likeness (QED) is 0.381. The topological polar surface area (TPSA) is 74.7 Å². The van der Waals surface area contributed by atoms with Crippen molar-refractivity contribution in [1.82, 2.24) is 4.98 Å². The van der Waals surface area contributed by atoms with Gasteiger partial charge in [0.2, 0.25) is 0 Å². The number of benzene rings is 1. The Kier molecular flexibility index (Phi) is 3.85. The fourth-order valence-corrected chi connectivity index (χ4v) is 1.96. The molecule has 5 nitrogen and oxygen atoms in total. The first-order valence-electron chi connectivity index (χ1n) is 6.16. The highest BCUT2D eigenvalue weighted by Gasteiger charge is 2.12. The lowest BCUT2D eigenvalue weighted by Crippen LogP contribution is -2.33. The number of pyridine rings is 1. The van der Waals surface area contributed by atoms with Crippen molar-refractivity contribution in [3.8, 4) is 0 Å². The molecule has 1 aromatic heterocycles. The molecule has 0 aliphatic rings. The lowest BCUT2D eigenvalue weighted by atomic mass is 10.1. The predicted molar refractivity (Wildman–Crippen MR) is 77.6 cm³/mol. The molecule has 0 spiro atoms. The van der Waals surface area contributed by atoms with Gasteiger partial charge in [-0.25, -0.2) is 4.98 Å². The number of oxime groups is 1. The highest BCUT2D eigenvalue weighted by Crippen LogP contribution is 2.17. The van der Waals surface area contributed by atoms with Crippen LogP contribution in [0.15, 0.2) is 41.6 Å². The molecule has 0 radical (unpaired) electrons. The van der Waals surface area contributed by atoms with Gasteiger partial charge >= 0.3 is 0 Å². The van der Waals surface area contributed by atoms with Crippen LogP contribution in [-0.2, 0) is 0 Å². The summed E-state index contributed by atoms with van der Waals surface area (Å²) in [5.74, 6) is 1.06. The van der Waals surface area contributed by atoms with E-state index < -0.39 is 0 Å². The molecule has 1 heterocycles. The number of anilines is 1. The summed E-state index contributed by atoms with van der Waals surface area (Å²) in [5, 5.41) is 12.8. The van der Waals surface area contributed by atoms with Crippen LogP contribution >= 0.6 is 0 Å². The third kappa shape index (κ3) is 2.93. The molecule has 1 aromatic carbocycles. The van der Waals surface area contributed by atoms with Crippen molar-refractivity contribution in [1.29, 1.82) is 0 Å².